The van der Waals surface area contributed by atoms with Gasteiger partial charge in [0.05, 0.1) is 5.56 Å². The predicted molar refractivity (Wildman–Crippen MR) is 130 cm³/mol. The maximum absolute atomic E-state index is 14.6. The number of halogens is 1. The molecule has 0 radical (unpaired) electrons. The van der Waals surface area contributed by atoms with Crippen LogP contribution in [-0.2, 0) is 32.6 Å². The largest absolute Gasteiger partial charge is 0.357 e. The van der Waals surface area contributed by atoms with Crippen molar-refractivity contribution in [3.63, 3.8) is 0 Å². The van der Waals surface area contributed by atoms with Gasteiger partial charge in [0.1, 0.15) is 23.3 Å². The van der Waals surface area contributed by atoms with Crippen LogP contribution in [0.3, 0.4) is 0 Å². The number of sulfonamides is 1. The fourth-order valence-corrected chi connectivity index (χ4v) is 5.65. The number of hydrogen-bond acceptors (Lipinski definition) is 5. The Morgan fingerprint density at radius 3 is 2.28 bits per heavy atom. The summed E-state index contributed by atoms with van der Waals surface area (Å²) >= 11 is 0. The van der Waals surface area contributed by atoms with Crippen LogP contribution in [0.25, 0.3) is 0 Å². The first-order valence-electron chi connectivity index (χ1n) is 11.2. The number of benzene rings is 3. The second-order valence-corrected chi connectivity index (χ2v) is 10.1. The summed E-state index contributed by atoms with van der Waals surface area (Å²) in [4.78, 5) is 40.4. The normalized spacial score (nSPS) is 14.7. The van der Waals surface area contributed by atoms with Crippen molar-refractivity contribution in [1.82, 2.24) is 14.5 Å². The summed E-state index contributed by atoms with van der Waals surface area (Å²) in [5, 5.41) is 2.53. The average molecular weight is 510 g/mol. The zero-order valence-corrected chi connectivity index (χ0v) is 20.2. The number of hydrogen-bond donors (Lipinski definition) is 1. The van der Waals surface area contributed by atoms with E-state index in [-0.39, 0.29) is 29.0 Å². The quantitative estimate of drug-likeness (QED) is 0.502. The van der Waals surface area contributed by atoms with Crippen LogP contribution in [0.2, 0.25) is 0 Å². The first kappa shape index (κ1) is 25.1. The van der Waals surface area contributed by atoms with Gasteiger partial charge < -0.3 is 10.2 Å². The summed E-state index contributed by atoms with van der Waals surface area (Å²) in [6.07, 6.45) is 0.0988. The van der Waals surface area contributed by atoms with E-state index >= 15 is 0 Å². The molecule has 8 nitrogen and oxygen atoms in total. The Morgan fingerprint density at radius 2 is 1.61 bits per heavy atom. The van der Waals surface area contributed by atoms with Gasteiger partial charge in [-0.25, -0.2) is 17.1 Å². The molecule has 10 heteroatoms. The third-order valence-corrected chi connectivity index (χ3v) is 7.79. The van der Waals surface area contributed by atoms with E-state index in [0.29, 0.717) is 4.31 Å². The summed E-state index contributed by atoms with van der Waals surface area (Å²) in [5.41, 5.74) is 0.861. The average Bonchev–Trinajstić information content (AvgIpc) is 3.08. The first-order chi connectivity index (χ1) is 17.2. The monoisotopic (exact) mass is 509 g/mol. The van der Waals surface area contributed by atoms with Gasteiger partial charge in [-0.2, -0.15) is 0 Å². The second-order valence-electron chi connectivity index (χ2n) is 8.25. The molecule has 1 heterocycles. The molecule has 0 aromatic heterocycles. The van der Waals surface area contributed by atoms with E-state index in [1.54, 1.807) is 30.3 Å². The molecule has 3 amide bonds. The molecule has 0 saturated carbocycles. The number of amides is 3. The molecule has 0 saturated heterocycles. The zero-order chi connectivity index (χ0) is 25.9. The fourth-order valence-electron chi connectivity index (χ4n) is 4.13. The minimum atomic E-state index is -4.25. The van der Waals surface area contributed by atoms with Crippen LogP contribution >= 0.6 is 0 Å². The van der Waals surface area contributed by atoms with E-state index in [2.05, 4.69) is 5.32 Å². The van der Waals surface area contributed by atoms with Crippen LogP contribution in [0.15, 0.2) is 83.8 Å². The van der Waals surface area contributed by atoms with Crippen molar-refractivity contribution >= 4 is 27.7 Å². The van der Waals surface area contributed by atoms with E-state index in [1.807, 2.05) is 6.07 Å². The smallest absolute Gasteiger partial charge is 0.269 e. The van der Waals surface area contributed by atoms with E-state index < -0.39 is 46.1 Å². The zero-order valence-electron chi connectivity index (χ0n) is 19.4. The van der Waals surface area contributed by atoms with Crippen molar-refractivity contribution in [3.8, 4) is 0 Å². The van der Waals surface area contributed by atoms with Crippen molar-refractivity contribution in [3.05, 3.63) is 101 Å². The van der Waals surface area contributed by atoms with Gasteiger partial charge in [-0.3, -0.25) is 14.4 Å². The molecule has 36 heavy (non-hydrogen) atoms. The van der Waals surface area contributed by atoms with Gasteiger partial charge in [-0.05, 0) is 23.8 Å². The highest BCUT2D eigenvalue weighted by molar-refractivity contribution is 7.90. The van der Waals surface area contributed by atoms with Crippen molar-refractivity contribution in [2.24, 2.45) is 0 Å². The first-order valence-corrected chi connectivity index (χ1v) is 12.6. The van der Waals surface area contributed by atoms with Gasteiger partial charge in [0.25, 0.3) is 15.9 Å². The Kier molecular flexibility index (Phi) is 7.16. The van der Waals surface area contributed by atoms with Gasteiger partial charge in [-0.15, -0.1) is 0 Å². The molecule has 0 spiro atoms. The third-order valence-electron chi connectivity index (χ3n) is 6.01. The molecule has 0 aliphatic carbocycles. The van der Waals surface area contributed by atoms with Gasteiger partial charge in [0, 0.05) is 25.6 Å². The molecule has 0 fully saturated rings. The molecule has 186 valence electrons. The number of rotatable bonds is 8. The van der Waals surface area contributed by atoms with Crippen molar-refractivity contribution in [2.45, 2.75) is 23.9 Å². The highest BCUT2D eigenvalue weighted by Crippen LogP contribution is 2.30. The lowest BCUT2D eigenvalue weighted by Crippen LogP contribution is -2.52. The van der Waals surface area contributed by atoms with Gasteiger partial charge >= 0.3 is 0 Å². The van der Waals surface area contributed by atoms with Crippen LogP contribution in [0, 0.1) is 5.82 Å². The third kappa shape index (κ3) is 4.85. The van der Waals surface area contributed by atoms with Gasteiger partial charge in [0.15, 0.2) is 0 Å². The second kappa shape index (κ2) is 10.3. The lowest BCUT2D eigenvalue weighted by atomic mass is 10.0. The van der Waals surface area contributed by atoms with Crippen molar-refractivity contribution in [1.29, 1.82) is 0 Å². The Morgan fingerprint density at radius 1 is 0.972 bits per heavy atom. The predicted octanol–water partition coefficient (Wildman–Crippen LogP) is 2.36. The molecule has 1 atom stereocenters. The lowest BCUT2D eigenvalue weighted by molar-refractivity contribution is -0.141. The van der Waals surface area contributed by atoms with E-state index in [1.165, 1.54) is 49.5 Å². The Bertz CT molecular complexity index is 1410. The van der Waals surface area contributed by atoms with Crippen molar-refractivity contribution < 1.29 is 27.2 Å². The molecule has 1 N–H and O–H groups in total. The summed E-state index contributed by atoms with van der Waals surface area (Å²) in [6, 6.07) is 19.3. The summed E-state index contributed by atoms with van der Waals surface area (Å²) in [5.74, 6) is -2.73. The maximum atomic E-state index is 14.6. The molecule has 1 unspecified atom stereocenters. The SMILES string of the molecule is CNC(=O)C(Cc1ccccc1)N(Cc1ccccc1F)C(=O)CN1C(=O)c2ccccc2S1(=O)=O. The van der Waals surface area contributed by atoms with Crippen LogP contribution in [0.1, 0.15) is 21.5 Å². The highest BCUT2D eigenvalue weighted by Gasteiger charge is 2.43. The lowest BCUT2D eigenvalue weighted by Gasteiger charge is -2.32. The number of fused-ring (bicyclic) bond motifs is 1. The molecule has 3 aromatic rings. The number of carbonyl (C=O) groups is 3. The van der Waals surface area contributed by atoms with Gasteiger partial charge in [0.2, 0.25) is 11.8 Å². The Hall–Kier alpha value is -4.05. The van der Waals surface area contributed by atoms with Crippen molar-refractivity contribution in [2.75, 3.05) is 13.6 Å². The topological polar surface area (TPSA) is 104 Å². The molecule has 4 rings (SSSR count). The van der Waals surface area contributed by atoms with Crippen LogP contribution in [0.4, 0.5) is 4.39 Å². The van der Waals surface area contributed by atoms with Crippen LogP contribution in [0.5, 0.6) is 0 Å². The molecular weight excluding hydrogens is 485 g/mol. The molecule has 0 bridgehead atoms. The maximum Gasteiger partial charge on any atom is 0.269 e. The Labute approximate surface area is 208 Å². The minimum absolute atomic E-state index is 0.0295. The molecule has 1 aliphatic rings. The van der Waals surface area contributed by atoms with E-state index in [0.717, 1.165) is 10.5 Å². The standard InChI is InChI=1S/C26H24FN3O5S/c1-28-25(32)22(15-18-9-3-2-4-10-18)29(16-19-11-5-7-13-21(19)27)24(31)17-30-26(33)20-12-6-8-14-23(20)36(30,34)35/h2-14,22H,15-17H2,1H3,(H,28,32). The molecule has 1 aliphatic heterocycles. The molecule has 3 aromatic carbocycles. The van der Waals surface area contributed by atoms with Gasteiger partial charge in [-0.1, -0.05) is 60.7 Å². The summed E-state index contributed by atoms with van der Waals surface area (Å²) in [6.45, 7) is -1.13. The fraction of sp³-hybridized carbons (Fsp3) is 0.192. The number of nitrogens with zero attached hydrogens (tertiary/aromatic N) is 2. The van der Waals surface area contributed by atoms with E-state index in [9.17, 15) is 27.2 Å². The number of carbonyl (C=O) groups excluding carboxylic acids is 3. The summed E-state index contributed by atoms with van der Waals surface area (Å²) in [7, 11) is -2.84. The molecular formula is C26H24FN3O5S. The van der Waals surface area contributed by atoms with Crippen LogP contribution in [-0.4, -0.2) is 55.0 Å². The minimum Gasteiger partial charge on any atom is -0.357 e. The number of nitrogens with one attached hydrogen (secondary N) is 1. The Balaban J connectivity index is 1.71. The number of likely N-dealkylation sites (N-methyl/N-ethyl adjacent to an activating group) is 1. The highest BCUT2D eigenvalue weighted by atomic mass is 32.2. The van der Waals surface area contributed by atoms with E-state index in [4.69, 9.17) is 0 Å². The van der Waals surface area contributed by atoms with Crippen LogP contribution < -0.4 is 5.32 Å². The summed E-state index contributed by atoms with van der Waals surface area (Å²) < 4.78 is 41.1.